The molecule has 0 saturated carbocycles. The number of aryl methyl sites for hydroxylation is 1. The van der Waals surface area contributed by atoms with Crippen molar-refractivity contribution >= 4 is 5.78 Å². The third-order valence-electron chi connectivity index (χ3n) is 3.02. The van der Waals surface area contributed by atoms with Crippen molar-refractivity contribution in [2.24, 2.45) is 0 Å². The van der Waals surface area contributed by atoms with Crippen molar-refractivity contribution in [3.8, 4) is 11.1 Å². The monoisotopic (exact) mass is 242 g/mol. The van der Waals surface area contributed by atoms with Gasteiger partial charge in [-0.3, -0.25) is 4.79 Å². The fourth-order valence-electron chi connectivity index (χ4n) is 1.86. The molecule has 0 aliphatic heterocycles. The van der Waals surface area contributed by atoms with Crippen LogP contribution in [0.1, 0.15) is 22.8 Å². The quantitative estimate of drug-likeness (QED) is 0.739. The standard InChI is InChI=1S/C16H15FO/c1-2-12-3-5-13(6-4-12)14-7-9-15(10-8-14)16(18)11-17/h3-10H,2,11H2,1H3. The van der Waals surface area contributed by atoms with Crippen molar-refractivity contribution in [3.05, 3.63) is 59.7 Å². The van der Waals surface area contributed by atoms with Crippen molar-refractivity contribution in [2.75, 3.05) is 6.67 Å². The Bertz CT molecular complexity index is 526. The number of rotatable bonds is 4. The van der Waals surface area contributed by atoms with E-state index in [2.05, 4.69) is 31.2 Å². The van der Waals surface area contributed by atoms with Gasteiger partial charge in [0.1, 0.15) is 0 Å². The minimum atomic E-state index is -0.940. The Morgan fingerprint density at radius 1 is 0.944 bits per heavy atom. The van der Waals surface area contributed by atoms with Crippen LogP contribution < -0.4 is 0 Å². The average Bonchev–Trinajstić information content (AvgIpc) is 2.47. The summed E-state index contributed by atoms with van der Waals surface area (Å²) < 4.78 is 12.2. The summed E-state index contributed by atoms with van der Waals surface area (Å²) in [6.45, 7) is 1.18. The first-order valence-corrected chi connectivity index (χ1v) is 6.03. The summed E-state index contributed by atoms with van der Waals surface area (Å²) in [5, 5.41) is 0. The van der Waals surface area contributed by atoms with E-state index >= 15 is 0 Å². The topological polar surface area (TPSA) is 17.1 Å². The van der Waals surface area contributed by atoms with Crippen LogP contribution in [-0.2, 0) is 6.42 Å². The molecule has 2 aromatic carbocycles. The molecule has 18 heavy (non-hydrogen) atoms. The number of carbonyl (C=O) groups is 1. The lowest BCUT2D eigenvalue weighted by Crippen LogP contribution is -2.00. The molecule has 0 saturated heterocycles. The van der Waals surface area contributed by atoms with E-state index in [1.165, 1.54) is 5.56 Å². The molecule has 0 amide bonds. The highest BCUT2D eigenvalue weighted by Gasteiger charge is 2.05. The smallest absolute Gasteiger partial charge is 0.193 e. The van der Waals surface area contributed by atoms with Crippen LogP contribution in [0.15, 0.2) is 48.5 Å². The van der Waals surface area contributed by atoms with Gasteiger partial charge < -0.3 is 0 Å². The van der Waals surface area contributed by atoms with Crippen LogP contribution in [0.25, 0.3) is 11.1 Å². The maximum absolute atomic E-state index is 12.2. The molecule has 1 nitrogen and oxygen atoms in total. The molecule has 0 bridgehead atoms. The Morgan fingerprint density at radius 2 is 1.44 bits per heavy atom. The van der Waals surface area contributed by atoms with Gasteiger partial charge in [0.15, 0.2) is 12.5 Å². The highest BCUT2D eigenvalue weighted by Crippen LogP contribution is 2.20. The van der Waals surface area contributed by atoms with Gasteiger partial charge in [-0.15, -0.1) is 0 Å². The third kappa shape index (κ3) is 2.65. The van der Waals surface area contributed by atoms with Gasteiger partial charge in [0, 0.05) is 5.56 Å². The SMILES string of the molecule is CCc1ccc(-c2ccc(C(=O)CF)cc2)cc1. The highest BCUT2D eigenvalue weighted by molar-refractivity contribution is 5.97. The Hall–Kier alpha value is -1.96. The van der Waals surface area contributed by atoms with E-state index in [4.69, 9.17) is 0 Å². The van der Waals surface area contributed by atoms with Crippen molar-refractivity contribution in [3.63, 3.8) is 0 Å². The van der Waals surface area contributed by atoms with Crippen molar-refractivity contribution in [2.45, 2.75) is 13.3 Å². The molecule has 0 fully saturated rings. The molecule has 0 unspecified atom stereocenters. The zero-order chi connectivity index (χ0) is 13.0. The lowest BCUT2D eigenvalue weighted by atomic mass is 10.0. The van der Waals surface area contributed by atoms with Crippen LogP contribution in [0.2, 0.25) is 0 Å². The van der Waals surface area contributed by atoms with Crippen LogP contribution in [0.4, 0.5) is 4.39 Å². The average molecular weight is 242 g/mol. The predicted octanol–water partition coefficient (Wildman–Crippen LogP) is 4.07. The predicted molar refractivity (Wildman–Crippen MR) is 71.6 cm³/mol. The largest absolute Gasteiger partial charge is 0.291 e. The number of hydrogen-bond acceptors (Lipinski definition) is 1. The summed E-state index contributed by atoms with van der Waals surface area (Å²) in [5.41, 5.74) is 3.86. The molecule has 0 spiro atoms. The fraction of sp³-hybridized carbons (Fsp3) is 0.188. The molecule has 2 aromatic rings. The second-order valence-corrected chi connectivity index (χ2v) is 4.18. The fourth-order valence-corrected chi connectivity index (χ4v) is 1.86. The molecule has 2 rings (SSSR count). The van der Waals surface area contributed by atoms with Gasteiger partial charge in [-0.05, 0) is 23.1 Å². The molecule has 92 valence electrons. The zero-order valence-corrected chi connectivity index (χ0v) is 10.3. The van der Waals surface area contributed by atoms with E-state index in [0.29, 0.717) is 5.56 Å². The molecule has 2 heteroatoms. The van der Waals surface area contributed by atoms with Gasteiger partial charge in [-0.1, -0.05) is 55.5 Å². The van der Waals surface area contributed by atoms with Crippen LogP contribution in [0, 0.1) is 0 Å². The van der Waals surface area contributed by atoms with Crippen LogP contribution in [0.3, 0.4) is 0 Å². The number of carbonyl (C=O) groups excluding carboxylic acids is 1. The van der Waals surface area contributed by atoms with Crippen LogP contribution >= 0.6 is 0 Å². The highest BCUT2D eigenvalue weighted by atomic mass is 19.1. The summed E-state index contributed by atoms with van der Waals surface area (Å²) >= 11 is 0. The maximum Gasteiger partial charge on any atom is 0.193 e. The summed E-state index contributed by atoms with van der Waals surface area (Å²) in [6, 6.07) is 15.4. The van der Waals surface area contributed by atoms with E-state index in [-0.39, 0.29) is 0 Å². The van der Waals surface area contributed by atoms with Crippen LogP contribution in [0.5, 0.6) is 0 Å². The van der Waals surface area contributed by atoms with Crippen LogP contribution in [-0.4, -0.2) is 12.5 Å². The van der Waals surface area contributed by atoms with Crippen molar-refractivity contribution in [1.82, 2.24) is 0 Å². The molecule has 0 heterocycles. The summed E-state index contributed by atoms with van der Waals surface area (Å²) in [5.74, 6) is -0.470. The molecule has 0 radical (unpaired) electrons. The number of alkyl halides is 1. The van der Waals surface area contributed by atoms with Crippen molar-refractivity contribution in [1.29, 1.82) is 0 Å². The molecule has 0 atom stereocenters. The van der Waals surface area contributed by atoms with Gasteiger partial charge in [0.2, 0.25) is 0 Å². The van der Waals surface area contributed by atoms with Gasteiger partial charge in [0.05, 0.1) is 0 Å². The first kappa shape index (κ1) is 12.5. The maximum atomic E-state index is 12.2. The number of ketones is 1. The Balaban J connectivity index is 2.25. The van der Waals surface area contributed by atoms with Gasteiger partial charge >= 0.3 is 0 Å². The molecule has 0 aliphatic rings. The molecule has 0 aromatic heterocycles. The second kappa shape index (κ2) is 5.58. The van der Waals surface area contributed by atoms with E-state index in [1.54, 1.807) is 12.1 Å². The van der Waals surface area contributed by atoms with Gasteiger partial charge in [-0.25, -0.2) is 4.39 Å². The Labute approximate surface area is 106 Å². The molecule has 0 aliphatic carbocycles. The van der Waals surface area contributed by atoms with E-state index < -0.39 is 12.5 Å². The molecular weight excluding hydrogens is 227 g/mol. The first-order chi connectivity index (χ1) is 8.74. The number of benzene rings is 2. The minimum absolute atomic E-state index is 0.423. The lowest BCUT2D eigenvalue weighted by molar-refractivity contribution is 0.0958. The normalized spacial score (nSPS) is 10.3. The number of halogens is 1. The van der Waals surface area contributed by atoms with Crippen molar-refractivity contribution < 1.29 is 9.18 Å². The lowest BCUT2D eigenvalue weighted by Gasteiger charge is -2.04. The Morgan fingerprint density at radius 3 is 1.89 bits per heavy atom. The second-order valence-electron chi connectivity index (χ2n) is 4.18. The summed E-state index contributed by atoms with van der Waals surface area (Å²) in [4.78, 5) is 11.2. The minimum Gasteiger partial charge on any atom is -0.291 e. The third-order valence-corrected chi connectivity index (χ3v) is 3.02. The Kier molecular flexibility index (Phi) is 3.88. The molecule has 0 N–H and O–H groups in total. The molecular formula is C16H15FO. The zero-order valence-electron chi connectivity index (χ0n) is 10.3. The summed E-state index contributed by atoms with van der Waals surface area (Å²) in [6.07, 6.45) is 1.02. The van der Waals surface area contributed by atoms with Gasteiger partial charge in [-0.2, -0.15) is 0 Å². The van der Waals surface area contributed by atoms with Gasteiger partial charge in [0.25, 0.3) is 0 Å². The first-order valence-electron chi connectivity index (χ1n) is 6.03. The number of hydrogen-bond donors (Lipinski definition) is 0. The number of Topliss-reactive ketones (excluding diaryl/α,β-unsaturated/α-hetero) is 1. The summed E-state index contributed by atoms with van der Waals surface area (Å²) in [7, 11) is 0. The van der Waals surface area contributed by atoms with E-state index in [1.807, 2.05) is 12.1 Å². The van der Waals surface area contributed by atoms with E-state index in [9.17, 15) is 9.18 Å². The van der Waals surface area contributed by atoms with E-state index in [0.717, 1.165) is 17.5 Å².